The molecule has 0 radical (unpaired) electrons. The van der Waals surface area contributed by atoms with Gasteiger partial charge in [0.25, 0.3) is 0 Å². The molecule has 4 rings (SSSR count). The molecule has 1 saturated heterocycles. The van der Waals surface area contributed by atoms with Gasteiger partial charge in [0, 0.05) is 30.4 Å². The highest BCUT2D eigenvalue weighted by molar-refractivity contribution is 5.68. The average Bonchev–Trinajstić information content (AvgIpc) is 3.19. The van der Waals surface area contributed by atoms with Crippen LogP contribution in [-0.2, 0) is 7.05 Å². The molecule has 2 heterocycles. The standard InChI is InChI=1S/C18H22F2N4/c1-10-15(9-24(2)23-10)14-3-4-16(18(20)17(14)19)22-13-5-11-7-21-8-12(11)6-13/h3-4,9,11-13,21-22H,5-8H2,1-2H3. The number of nitrogens with zero attached hydrogens (tertiary/aromatic N) is 2. The topological polar surface area (TPSA) is 41.9 Å². The largest absolute Gasteiger partial charge is 0.380 e. The van der Waals surface area contributed by atoms with E-state index < -0.39 is 11.6 Å². The lowest BCUT2D eigenvalue weighted by molar-refractivity contribution is 0.494. The van der Waals surface area contributed by atoms with Crippen LogP contribution in [0.3, 0.4) is 0 Å². The van der Waals surface area contributed by atoms with Gasteiger partial charge in [-0.25, -0.2) is 8.78 Å². The van der Waals surface area contributed by atoms with Crippen molar-refractivity contribution in [2.45, 2.75) is 25.8 Å². The van der Waals surface area contributed by atoms with E-state index in [1.807, 2.05) is 0 Å². The van der Waals surface area contributed by atoms with Crippen molar-refractivity contribution in [2.24, 2.45) is 18.9 Å². The summed E-state index contributed by atoms with van der Waals surface area (Å²) in [5.74, 6) is -0.289. The zero-order chi connectivity index (χ0) is 16.8. The van der Waals surface area contributed by atoms with Crippen LogP contribution in [0, 0.1) is 30.4 Å². The second-order valence-electron chi connectivity index (χ2n) is 7.08. The van der Waals surface area contributed by atoms with Crippen molar-refractivity contribution in [3.63, 3.8) is 0 Å². The van der Waals surface area contributed by atoms with Gasteiger partial charge >= 0.3 is 0 Å². The summed E-state index contributed by atoms with van der Waals surface area (Å²) in [6, 6.07) is 3.51. The lowest BCUT2D eigenvalue weighted by Gasteiger charge is -2.17. The highest BCUT2D eigenvalue weighted by Gasteiger charge is 2.37. The summed E-state index contributed by atoms with van der Waals surface area (Å²) in [4.78, 5) is 0. The molecule has 1 aromatic carbocycles. The van der Waals surface area contributed by atoms with E-state index in [1.165, 1.54) is 0 Å². The Kier molecular flexibility index (Phi) is 3.79. The second-order valence-corrected chi connectivity index (χ2v) is 7.08. The fourth-order valence-electron chi connectivity index (χ4n) is 4.24. The molecule has 24 heavy (non-hydrogen) atoms. The summed E-state index contributed by atoms with van der Waals surface area (Å²) in [7, 11) is 1.77. The molecule has 2 fully saturated rings. The van der Waals surface area contributed by atoms with E-state index in [2.05, 4.69) is 15.7 Å². The van der Waals surface area contributed by atoms with Gasteiger partial charge in [-0.15, -0.1) is 0 Å². The first kappa shape index (κ1) is 15.6. The molecule has 4 nitrogen and oxygen atoms in total. The predicted molar refractivity (Wildman–Crippen MR) is 89.8 cm³/mol. The molecule has 1 aliphatic heterocycles. The lowest BCUT2D eigenvalue weighted by Crippen LogP contribution is -2.21. The van der Waals surface area contributed by atoms with E-state index in [-0.39, 0.29) is 17.3 Å². The molecule has 2 unspecified atom stereocenters. The summed E-state index contributed by atoms with van der Waals surface area (Å²) >= 11 is 0. The Hall–Kier alpha value is -1.95. The van der Waals surface area contributed by atoms with Gasteiger partial charge < -0.3 is 10.6 Å². The van der Waals surface area contributed by atoms with Gasteiger partial charge in [-0.05, 0) is 56.8 Å². The van der Waals surface area contributed by atoms with E-state index in [0.717, 1.165) is 25.9 Å². The minimum Gasteiger partial charge on any atom is -0.380 e. The first-order chi connectivity index (χ1) is 11.5. The minimum atomic E-state index is -0.809. The fraction of sp³-hybridized carbons (Fsp3) is 0.500. The van der Waals surface area contributed by atoms with Gasteiger partial charge in [0.05, 0.1) is 11.4 Å². The van der Waals surface area contributed by atoms with Gasteiger partial charge in [0.1, 0.15) is 0 Å². The van der Waals surface area contributed by atoms with Crippen molar-refractivity contribution in [3.8, 4) is 11.1 Å². The highest BCUT2D eigenvalue weighted by Crippen LogP contribution is 2.37. The monoisotopic (exact) mass is 332 g/mol. The molecule has 0 amide bonds. The maximum atomic E-state index is 14.6. The Morgan fingerprint density at radius 3 is 2.46 bits per heavy atom. The first-order valence-corrected chi connectivity index (χ1v) is 8.48. The first-order valence-electron chi connectivity index (χ1n) is 8.48. The van der Waals surface area contributed by atoms with Crippen LogP contribution in [0.25, 0.3) is 11.1 Å². The van der Waals surface area contributed by atoms with Crippen LogP contribution in [0.15, 0.2) is 18.3 Å². The molecule has 1 saturated carbocycles. The molecule has 2 aliphatic rings. The number of hydrogen-bond acceptors (Lipinski definition) is 3. The second kappa shape index (κ2) is 5.84. The van der Waals surface area contributed by atoms with Crippen molar-refractivity contribution in [3.05, 3.63) is 35.7 Å². The SMILES string of the molecule is Cc1nn(C)cc1-c1ccc(NC2CC3CNCC3C2)c(F)c1F. The third kappa shape index (κ3) is 2.59. The molecule has 2 aromatic rings. The molecule has 1 aromatic heterocycles. The van der Waals surface area contributed by atoms with Gasteiger partial charge in [-0.3, -0.25) is 4.68 Å². The molecule has 1 aliphatic carbocycles. The molecular formula is C18H22F2N4. The zero-order valence-corrected chi connectivity index (χ0v) is 13.9. The molecule has 2 atom stereocenters. The van der Waals surface area contributed by atoms with Crippen molar-refractivity contribution < 1.29 is 8.78 Å². The highest BCUT2D eigenvalue weighted by atomic mass is 19.2. The van der Waals surface area contributed by atoms with E-state index in [1.54, 1.807) is 37.0 Å². The van der Waals surface area contributed by atoms with Crippen LogP contribution in [0.5, 0.6) is 0 Å². The molecule has 2 N–H and O–H groups in total. The number of aromatic nitrogens is 2. The number of nitrogens with one attached hydrogen (secondary N) is 2. The maximum Gasteiger partial charge on any atom is 0.182 e. The normalized spacial score (nSPS) is 25.9. The Bertz CT molecular complexity index is 759. The van der Waals surface area contributed by atoms with Crippen LogP contribution in [0.4, 0.5) is 14.5 Å². The third-order valence-corrected chi connectivity index (χ3v) is 5.40. The number of hydrogen-bond donors (Lipinski definition) is 2. The summed E-state index contributed by atoms with van der Waals surface area (Å²) in [6.07, 6.45) is 3.75. The van der Waals surface area contributed by atoms with Gasteiger partial charge in [-0.1, -0.05) is 0 Å². The van der Waals surface area contributed by atoms with Crippen LogP contribution in [-0.4, -0.2) is 28.9 Å². The Balaban J connectivity index is 1.57. The van der Waals surface area contributed by atoms with Crippen molar-refractivity contribution >= 4 is 5.69 Å². The Morgan fingerprint density at radius 1 is 1.12 bits per heavy atom. The predicted octanol–water partition coefficient (Wildman–Crippen LogP) is 3.08. The van der Waals surface area contributed by atoms with Gasteiger partial charge in [-0.2, -0.15) is 5.10 Å². The summed E-state index contributed by atoms with van der Waals surface area (Å²) in [5, 5.41) is 10.8. The molecule has 0 spiro atoms. The lowest BCUT2D eigenvalue weighted by atomic mass is 10.0. The van der Waals surface area contributed by atoms with E-state index in [9.17, 15) is 8.78 Å². The average molecular weight is 332 g/mol. The van der Waals surface area contributed by atoms with E-state index in [0.29, 0.717) is 23.1 Å². The number of fused-ring (bicyclic) bond motifs is 1. The minimum absolute atomic E-state index is 0.224. The fourth-order valence-corrected chi connectivity index (χ4v) is 4.24. The van der Waals surface area contributed by atoms with Gasteiger partial charge in [0.15, 0.2) is 11.6 Å². The van der Waals surface area contributed by atoms with Crippen LogP contribution in [0.1, 0.15) is 18.5 Å². The number of halogens is 2. The Morgan fingerprint density at radius 2 is 1.83 bits per heavy atom. The van der Waals surface area contributed by atoms with E-state index >= 15 is 0 Å². The Labute approximate surface area is 140 Å². The van der Waals surface area contributed by atoms with Crippen molar-refractivity contribution in [1.29, 1.82) is 0 Å². The quantitative estimate of drug-likeness (QED) is 0.908. The maximum absolute atomic E-state index is 14.6. The van der Waals surface area contributed by atoms with E-state index in [4.69, 9.17) is 0 Å². The third-order valence-electron chi connectivity index (χ3n) is 5.40. The van der Waals surface area contributed by atoms with Crippen LogP contribution < -0.4 is 10.6 Å². The summed E-state index contributed by atoms with van der Waals surface area (Å²) in [5.41, 5.74) is 1.83. The number of aryl methyl sites for hydroxylation is 2. The van der Waals surface area contributed by atoms with Gasteiger partial charge in [0.2, 0.25) is 0 Å². The van der Waals surface area contributed by atoms with Crippen LogP contribution >= 0.6 is 0 Å². The summed E-state index contributed by atoms with van der Waals surface area (Å²) in [6.45, 7) is 3.88. The number of rotatable bonds is 3. The molecule has 6 heteroatoms. The smallest absolute Gasteiger partial charge is 0.182 e. The zero-order valence-electron chi connectivity index (χ0n) is 13.9. The number of anilines is 1. The summed E-state index contributed by atoms with van der Waals surface area (Å²) < 4.78 is 30.7. The van der Waals surface area contributed by atoms with Crippen molar-refractivity contribution in [1.82, 2.24) is 15.1 Å². The molecule has 0 bridgehead atoms. The van der Waals surface area contributed by atoms with Crippen LogP contribution in [0.2, 0.25) is 0 Å². The van der Waals surface area contributed by atoms with Crippen molar-refractivity contribution in [2.75, 3.05) is 18.4 Å². The molecular weight excluding hydrogens is 310 g/mol. The number of benzene rings is 1. The molecule has 128 valence electrons.